The molecule has 0 aliphatic heterocycles. The van der Waals surface area contributed by atoms with Crippen LogP contribution in [0.2, 0.25) is 0 Å². The van der Waals surface area contributed by atoms with E-state index in [0.717, 1.165) is 28.7 Å². The first kappa shape index (κ1) is 11.3. The second-order valence-corrected chi connectivity index (χ2v) is 5.16. The fraction of sp³-hybridized carbons (Fsp3) is 0.0769. The molecule has 5 heteroatoms. The van der Waals surface area contributed by atoms with Crippen LogP contribution in [0.15, 0.2) is 42.5 Å². The molecule has 92 valence electrons. The summed E-state index contributed by atoms with van der Waals surface area (Å²) in [6.45, 7) is 0. The van der Waals surface area contributed by atoms with Gasteiger partial charge < -0.3 is 4.18 Å². The Kier molecular flexibility index (Phi) is 2.39. The summed E-state index contributed by atoms with van der Waals surface area (Å²) in [6, 6.07) is 12.9. The predicted molar refractivity (Wildman–Crippen MR) is 66.9 cm³/mol. The highest BCUT2D eigenvalue weighted by Gasteiger charge is 2.23. The third kappa shape index (κ3) is 1.87. The summed E-state index contributed by atoms with van der Waals surface area (Å²) in [5.41, 5.74) is 3.81. The SMILES string of the molecule is O=S(=O)(O)Oc1cccc2c1-c1ccccc1C2. The molecule has 18 heavy (non-hydrogen) atoms. The zero-order valence-electron chi connectivity index (χ0n) is 9.33. The van der Waals surface area contributed by atoms with E-state index in [-0.39, 0.29) is 5.75 Å². The van der Waals surface area contributed by atoms with E-state index < -0.39 is 10.4 Å². The van der Waals surface area contributed by atoms with Crippen LogP contribution in [-0.4, -0.2) is 13.0 Å². The molecular formula is C13H10O4S. The van der Waals surface area contributed by atoms with E-state index in [4.69, 9.17) is 4.55 Å². The molecule has 1 aliphatic carbocycles. The number of fused-ring (bicyclic) bond motifs is 3. The Morgan fingerprint density at radius 2 is 1.72 bits per heavy atom. The van der Waals surface area contributed by atoms with Gasteiger partial charge in [0.1, 0.15) is 0 Å². The van der Waals surface area contributed by atoms with Gasteiger partial charge in [-0.3, -0.25) is 4.55 Å². The lowest BCUT2D eigenvalue weighted by molar-refractivity contribution is 0.387. The molecular weight excluding hydrogens is 252 g/mol. The molecule has 1 aliphatic rings. The molecule has 0 bridgehead atoms. The predicted octanol–water partition coefficient (Wildman–Crippen LogP) is 2.44. The van der Waals surface area contributed by atoms with Crippen molar-refractivity contribution in [2.75, 3.05) is 0 Å². The summed E-state index contributed by atoms with van der Waals surface area (Å²) >= 11 is 0. The molecule has 0 fully saturated rings. The average molecular weight is 262 g/mol. The Morgan fingerprint density at radius 3 is 2.50 bits per heavy atom. The van der Waals surface area contributed by atoms with Gasteiger partial charge in [0.05, 0.1) is 0 Å². The minimum Gasteiger partial charge on any atom is -0.361 e. The summed E-state index contributed by atoms with van der Waals surface area (Å²) in [5, 5.41) is 0. The van der Waals surface area contributed by atoms with Crippen molar-refractivity contribution in [3.05, 3.63) is 53.6 Å². The third-order valence-electron chi connectivity index (χ3n) is 2.98. The van der Waals surface area contributed by atoms with Gasteiger partial charge >= 0.3 is 10.4 Å². The lowest BCUT2D eigenvalue weighted by atomic mass is 10.1. The number of hydrogen-bond donors (Lipinski definition) is 1. The van der Waals surface area contributed by atoms with Crippen molar-refractivity contribution in [3.8, 4) is 16.9 Å². The van der Waals surface area contributed by atoms with Gasteiger partial charge in [-0.2, -0.15) is 8.42 Å². The van der Waals surface area contributed by atoms with Gasteiger partial charge in [0, 0.05) is 5.56 Å². The Balaban J connectivity index is 2.20. The Bertz CT molecular complexity index is 720. The second kappa shape index (κ2) is 3.83. The van der Waals surface area contributed by atoms with Gasteiger partial charge in [0.15, 0.2) is 5.75 Å². The number of rotatable bonds is 2. The molecule has 0 aromatic heterocycles. The molecule has 0 heterocycles. The molecule has 0 atom stereocenters. The molecule has 0 unspecified atom stereocenters. The van der Waals surface area contributed by atoms with Gasteiger partial charge in [-0.15, -0.1) is 0 Å². The molecule has 0 radical (unpaired) electrons. The summed E-state index contributed by atoms with van der Waals surface area (Å²) in [7, 11) is -4.50. The highest BCUT2D eigenvalue weighted by atomic mass is 32.3. The maximum absolute atomic E-state index is 10.8. The van der Waals surface area contributed by atoms with Crippen LogP contribution in [0.4, 0.5) is 0 Å². The quantitative estimate of drug-likeness (QED) is 0.720. The standard InChI is InChI=1S/C13H10O4S/c14-18(15,16)17-12-7-3-5-10-8-9-4-1-2-6-11(9)13(10)12/h1-7H,8H2,(H,14,15,16). The first-order valence-corrected chi connectivity index (χ1v) is 6.78. The fourth-order valence-corrected chi connectivity index (χ4v) is 2.70. The maximum Gasteiger partial charge on any atom is 0.446 e. The minimum atomic E-state index is -4.50. The summed E-state index contributed by atoms with van der Waals surface area (Å²) in [4.78, 5) is 0. The van der Waals surface area contributed by atoms with E-state index in [9.17, 15) is 8.42 Å². The monoisotopic (exact) mass is 262 g/mol. The largest absolute Gasteiger partial charge is 0.446 e. The van der Waals surface area contributed by atoms with Crippen LogP contribution < -0.4 is 4.18 Å². The molecule has 0 saturated heterocycles. The van der Waals surface area contributed by atoms with Crippen LogP contribution in [0.5, 0.6) is 5.75 Å². The number of hydrogen-bond acceptors (Lipinski definition) is 3. The molecule has 0 spiro atoms. The van der Waals surface area contributed by atoms with Gasteiger partial charge in [-0.05, 0) is 29.2 Å². The minimum absolute atomic E-state index is 0.167. The lowest BCUT2D eigenvalue weighted by Crippen LogP contribution is -2.07. The Morgan fingerprint density at radius 1 is 1.00 bits per heavy atom. The normalized spacial score (nSPS) is 12.9. The molecule has 2 aromatic carbocycles. The van der Waals surface area contributed by atoms with Crippen molar-refractivity contribution in [1.29, 1.82) is 0 Å². The van der Waals surface area contributed by atoms with E-state index in [2.05, 4.69) is 4.18 Å². The highest BCUT2D eigenvalue weighted by molar-refractivity contribution is 7.81. The van der Waals surface area contributed by atoms with Crippen LogP contribution in [0.1, 0.15) is 11.1 Å². The van der Waals surface area contributed by atoms with Crippen LogP contribution in [0.3, 0.4) is 0 Å². The van der Waals surface area contributed by atoms with Crippen molar-refractivity contribution >= 4 is 10.4 Å². The first-order chi connectivity index (χ1) is 8.54. The van der Waals surface area contributed by atoms with Crippen LogP contribution in [-0.2, 0) is 16.8 Å². The topological polar surface area (TPSA) is 63.6 Å². The second-order valence-electron chi connectivity index (χ2n) is 4.14. The van der Waals surface area contributed by atoms with Gasteiger partial charge in [0.25, 0.3) is 0 Å². The number of benzene rings is 2. The molecule has 4 nitrogen and oxygen atoms in total. The van der Waals surface area contributed by atoms with Crippen LogP contribution >= 0.6 is 0 Å². The average Bonchev–Trinajstić information content (AvgIpc) is 2.66. The van der Waals surface area contributed by atoms with Gasteiger partial charge in [0.2, 0.25) is 0 Å². The van der Waals surface area contributed by atoms with E-state index in [1.165, 1.54) is 6.07 Å². The fourth-order valence-electron chi connectivity index (χ4n) is 2.34. The highest BCUT2D eigenvalue weighted by Crippen LogP contribution is 2.42. The zero-order valence-corrected chi connectivity index (χ0v) is 10.1. The molecule has 2 aromatic rings. The summed E-state index contributed by atoms with van der Waals surface area (Å²) < 4.78 is 35.1. The van der Waals surface area contributed by atoms with Gasteiger partial charge in [-0.25, -0.2) is 0 Å². The summed E-state index contributed by atoms with van der Waals surface area (Å²) in [6.07, 6.45) is 0.744. The van der Waals surface area contributed by atoms with E-state index in [1.807, 2.05) is 30.3 Å². The summed E-state index contributed by atoms with van der Waals surface area (Å²) in [5.74, 6) is 0.167. The zero-order chi connectivity index (χ0) is 12.8. The first-order valence-electron chi connectivity index (χ1n) is 5.42. The maximum atomic E-state index is 10.8. The Hall–Kier alpha value is -1.85. The molecule has 3 rings (SSSR count). The van der Waals surface area contributed by atoms with E-state index >= 15 is 0 Å². The van der Waals surface area contributed by atoms with Crippen LogP contribution in [0.25, 0.3) is 11.1 Å². The van der Waals surface area contributed by atoms with Crippen molar-refractivity contribution in [1.82, 2.24) is 0 Å². The van der Waals surface area contributed by atoms with Crippen molar-refractivity contribution in [2.24, 2.45) is 0 Å². The van der Waals surface area contributed by atoms with Crippen molar-refractivity contribution < 1.29 is 17.2 Å². The van der Waals surface area contributed by atoms with E-state index in [0.29, 0.717) is 0 Å². The van der Waals surface area contributed by atoms with Crippen molar-refractivity contribution in [3.63, 3.8) is 0 Å². The molecule has 0 amide bonds. The van der Waals surface area contributed by atoms with Crippen molar-refractivity contribution in [2.45, 2.75) is 6.42 Å². The lowest BCUT2D eigenvalue weighted by Gasteiger charge is -2.08. The Labute approximate surface area is 105 Å². The smallest absolute Gasteiger partial charge is 0.361 e. The molecule has 0 saturated carbocycles. The molecule has 1 N–H and O–H groups in total. The van der Waals surface area contributed by atoms with Gasteiger partial charge in [-0.1, -0.05) is 36.4 Å². The third-order valence-corrected chi connectivity index (χ3v) is 3.37. The van der Waals surface area contributed by atoms with Crippen LogP contribution in [0, 0.1) is 0 Å². The van der Waals surface area contributed by atoms with E-state index in [1.54, 1.807) is 6.07 Å².